The topological polar surface area (TPSA) is 31.9 Å². The van der Waals surface area contributed by atoms with Crippen LogP contribution in [0.2, 0.25) is 0 Å². The molecule has 0 amide bonds. The predicted molar refractivity (Wildman–Crippen MR) is 66.1 cm³/mol. The number of rotatable bonds is 3. The summed E-state index contributed by atoms with van der Waals surface area (Å²) >= 11 is 3.45. The molecule has 0 spiro atoms. The molecule has 0 bridgehead atoms. The molecule has 0 radical (unpaired) electrons. The summed E-state index contributed by atoms with van der Waals surface area (Å²) in [5, 5.41) is 0. The van der Waals surface area contributed by atoms with Crippen molar-refractivity contribution in [3.63, 3.8) is 0 Å². The second-order valence-corrected chi connectivity index (χ2v) is 4.81. The van der Waals surface area contributed by atoms with E-state index < -0.39 is 0 Å². The molecular weight excluding hydrogens is 254 g/mol. The van der Waals surface area contributed by atoms with E-state index in [-0.39, 0.29) is 0 Å². The standard InChI is InChI=1S/C11H14BrN3/c1-15(2)6-5-11-13-9-4-3-8(12)7-10(9)14-11/h3-4,7H,5-6H2,1-2H3,(H,13,14). The van der Waals surface area contributed by atoms with Crippen LogP contribution in [0.4, 0.5) is 0 Å². The van der Waals surface area contributed by atoms with Gasteiger partial charge in [-0.25, -0.2) is 4.98 Å². The fraction of sp³-hybridized carbons (Fsp3) is 0.364. The second-order valence-electron chi connectivity index (χ2n) is 3.90. The summed E-state index contributed by atoms with van der Waals surface area (Å²) in [5.41, 5.74) is 2.13. The minimum absolute atomic E-state index is 0.958. The van der Waals surface area contributed by atoms with Crippen LogP contribution in [0, 0.1) is 0 Å². The van der Waals surface area contributed by atoms with Crippen molar-refractivity contribution in [2.24, 2.45) is 0 Å². The number of nitrogens with one attached hydrogen (secondary N) is 1. The Morgan fingerprint density at radius 2 is 2.20 bits per heavy atom. The third-order valence-corrected chi connectivity index (χ3v) is 2.78. The van der Waals surface area contributed by atoms with Crippen molar-refractivity contribution in [2.75, 3.05) is 20.6 Å². The molecule has 0 saturated carbocycles. The summed E-state index contributed by atoms with van der Waals surface area (Å²) in [6.07, 6.45) is 0.958. The lowest BCUT2D eigenvalue weighted by molar-refractivity contribution is 0.410. The Morgan fingerprint density at radius 3 is 2.93 bits per heavy atom. The first-order valence-electron chi connectivity index (χ1n) is 4.94. The molecule has 2 rings (SSSR count). The zero-order valence-corrected chi connectivity index (χ0v) is 10.5. The number of benzene rings is 1. The molecule has 4 heteroatoms. The summed E-state index contributed by atoms with van der Waals surface area (Å²) in [6, 6.07) is 6.09. The van der Waals surface area contributed by atoms with E-state index in [1.165, 1.54) is 0 Å². The molecule has 1 N–H and O–H groups in total. The van der Waals surface area contributed by atoms with Crippen LogP contribution in [0.1, 0.15) is 5.82 Å². The van der Waals surface area contributed by atoms with Crippen LogP contribution in [0.5, 0.6) is 0 Å². The van der Waals surface area contributed by atoms with Gasteiger partial charge in [-0.3, -0.25) is 0 Å². The highest BCUT2D eigenvalue weighted by molar-refractivity contribution is 9.10. The number of nitrogens with zero attached hydrogens (tertiary/aromatic N) is 2. The number of imidazole rings is 1. The minimum Gasteiger partial charge on any atom is -0.342 e. The lowest BCUT2D eigenvalue weighted by atomic mass is 10.3. The first kappa shape index (κ1) is 10.6. The third kappa shape index (κ3) is 2.58. The molecule has 0 aliphatic rings. The number of aromatic amines is 1. The lowest BCUT2D eigenvalue weighted by Crippen LogP contribution is -2.15. The van der Waals surface area contributed by atoms with Crippen LogP contribution in [-0.2, 0) is 6.42 Å². The Hall–Kier alpha value is -0.870. The molecule has 2 aromatic rings. The predicted octanol–water partition coefficient (Wildman–Crippen LogP) is 2.43. The highest BCUT2D eigenvalue weighted by atomic mass is 79.9. The van der Waals surface area contributed by atoms with Gasteiger partial charge in [-0.1, -0.05) is 15.9 Å². The molecule has 0 aliphatic heterocycles. The van der Waals surface area contributed by atoms with Crippen LogP contribution in [-0.4, -0.2) is 35.5 Å². The fourth-order valence-corrected chi connectivity index (χ4v) is 1.84. The zero-order chi connectivity index (χ0) is 10.8. The van der Waals surface area contributed by atoms with Gasteiger partial charge in [-0.05, 0) is 32.3 Å². The second kappa shape index (κ2) is 4.33. The average Bonchev–Trinajstić information content (AvgIpc) is 2.56. The molecular formula is C11H14BrN3. The van der Waals surface area contributed by atoms with Gasteiger partial charge in [-0.2, -0.15) is 0 Å². The van der Waals surface area contributed by atoms with E-state index in [1.54, 1.807) is 0 Å². The zero-order valence-electron chi connectivity index (χ0n) is 8.92. The van der Waals surface area contributed by atoms with Crippen LogP contribution >= 0.6 is 15.9 Å². The fourth-order valence-electron chi connectivity index (χ4n) is 1.48. The number of likely N-dealkylation sites (N-methyl/N-ethyl adjacent to an activating group) is 1. The molecule has 0 unspecified atom stereocenters. The lowest BCUT2D eigenvalue weighted by Gasteiger charge is -2.06. The van der Waals surface area contributed by atoms with Crippen molar-refractivity contribution in [2.45, 2.75) is 6.42 Å². The molecule has 1 aromatic carbocycles. The van der Waals surface area contributed by atoms with E-state index in [0.29, 0.717) is 0 Å². The van der Waals surface area contributed by atoms with Crippen LogP contribution in [0.15, 0.2) is 22.7 Å². The van der Waals surface area contributed by atoms with Crippen molar-refractivity contribution in [1.29, 1.82) is 0 Å². The Labute approximate surface area is 97.6 Å². The molecule has 0 aliphatic carbocycles. The normalized spacial score (nSPS) is 11.5. The monoisotopic (exact) mass is 267 g/mol. The number of halogens is 1. The van der Waals surface area contributed by atoms with Gasteiger partial charge >= 0.3 is 0 Å². The molecule has 15 heavy (non-hydrogen) atoms. The Balaban J connectivity index is 2.23. The van der Waals surface area contributed by atoms with Gasteiger partial charge in [0.05, 0.1) is 11.0 Å². The van der Waals surface area contributed by atoms with E-state index in [1.807, 2.05) is 12.1 Å². The van der Waals surface area contributed by atoms with Crippen molar-refractivity contribution in [3.05, 3.63) is 28.5 Å². The molecule has 0 fully saturated rings. The van der Waals surface area contributed by atoms with Gasteiger partial charge in [0.25, 0.3) is 0 Å². The summed E-state index contributed by atoms with van der Waals surface area (Å²) in [4.78, 5) is 10.0. The summed E-state index contributed by atoms with van der Waals surface area (Å²) in [6.45, 7) is 1.01. The summed E-state index contributed by atoms with van der Waals surface area (Å²) in [7, 11) is 4.14. The SMILES string of the molecule is CN(C)CCc1nc2ccc(Br)cc2[nH]1. The molecule has 1 aromatic heterocycles. The van der Waals surface area contributed by atoms with Gasteiger partial charge in [-0.15, -0.1) is 0 Å². The highest BCUT2D eigenvalue weighted by Crippen LogP contribution is 2.17. The maximum absolute atomic E-state index is 4.52. The smallest absolute Gasteiger partial charge is 0.108 e. The summed E-state index contributed by atoms with van der Waals surface area (Å²) in [5.74, 6) is 1.05. The quantitative estimate of drug-likeness (QED) is 0.927. The van der Waals surface area contributed by atoms with Gasteiger partial charge in [0.15, 0.2) is 0 Å². The Kier molecular flexibility index (Phi) is 3.07. The maximum Gasteiger partial charge on any atom is 0.108 e. The van der Waals surface area contributed by atoms with Gasteiger partial charge in [0.2, 0.25) is 0 Å². The maximum atomic E-state index is 4.52. The molecule has 3 nitrogen and oxygen atoms in total. The minimum atomic E-state index is 0.958. The number of aromatic nitrogens is 2. The number of fused-ring (bicyclic) bond motifs is 1. The van der Waals surface area contributed by atoms with Crippen molar-refractivity contribution in [1.82, 2.24) is 14.9 Å². The number of hydrogen-bond acceptors (Lipinski definition) is 2. The Morgan fingerprint density at radius 1 is 1.40 bits per heavy atom. The highest BCUT2D eigenvalue weighted by Gasteiger charge is 2.03. The van der Waals surface area contributed by atoms with E-state index in [0.717, 1.165) is 34.3 Å². The van der Waals surface area contributed by atoms with Crippen LogP contribution < -0.4 is 0 Å². The first-order valence-corrected chi connectivity index (χ1v) is 5.73. The van der Waals surface area contributed by atoms with Crippen LogP contribution in [0.25, 0.3) is 11.0 Å². The van der Waals surface area contributed by atoms with E-state index in [2.05, 4.69) is 51.0 Å². The summed E-state index contributed by atoms with van der Waals surface area (Å²) < 4.78 is 1.08. The first-order chi connectivity index (χ1) is 7.15. The van der Waals surface area contributed by atoms with E-state index in [9.17, 15) is 0 Å². The average molecular weight is 268 g/mol. The van der Waals surface area contributed by atoms with Gasteiger partial charge in [0.1, 0.15) is 5.82 Å². The van der Waals surface area contributed by atoms with Gasteiger partial charge in [0, 0.05) is 17.4 Å². The van der Waals surface area contributed by atoms with Crippen LogP contribution in [0.3, 0.4) is 0 Å². The van der Waals surface area contributed by atoms with E-state index in [4.69, 9.17) is 0 Å². The van der Waals surface area contributed by atoms with Gasteiger partial charge < -0.3 is 9.88 Å². The molecule has 0 atom stereocenters. The van der Waals surface area contributed by atoms with Crippen molar-refractivity contribution in [3.8, 4) is 0 Å². The number of H-pyrrole nitrogens is 1. The molecule has 0 saturated heterocycles. The molecule has 1 heterocycles. The third-order valence-electron chi connectivity index (χ3n) is 2.29. The van der Waals surface area contributed by atoms with E-state index >= 15 is 0 Å². The van der Waals surface area contributed by atoms with Crippen molar-refractivity contribution >= 4 is 27.0 Å². The molecule has 80 valence electrons. The Bertz CT molecular complexity index is 462. The largest absolute Gasteiger partial charge is 0.342 e. The van der Waals surface area contributed by atoms with Crippen molar-refractivity contribution < 1.29 is 0 Å². The number of hydrogen-bond donors (Lipinski definition) is 1.